The van der Waals surface area contributed by atoms with Gasteiger partial charge in [0, 0.05) is 12.4 Å². The third kappa shape index (κ3) is 3.47. The number of hydrogen-bond donors (Lipinski definition) is 2. The van der Waals surface area contributed by atoms with Crippen molar-refractivity contribution in [2.45, 2.75) is 13.0 Å². The molecule has 0 bridgehead atoms. The van der Waals surface area contributed by atoms with E-state index in [2.05, 4.69) is 15.6 Å². The predicted molar refractivity (Wildman–Crippen MR) is 77.8 cm³/mol. The van der Waals surface area contributed by atoms with Gasteiger partial charge >= 0.3 is 6.03 Å². The second-order valence-corrected chi connectivity index (χ2v) is 4.31. The summed E-state index contributed by atoms with van der Waals surface area (Å²) in [5.74, 6) is 0.622. The molecular formula is C15H17N3O2. The second kappa shape index (κ2) is 6.56. The number of amides is 2. The molecule has 0 fully saturated rings. The lowest BCUT2D eigenvalue weighted by atomic mass is 10.1. The Morgan fingerprint density at radius 3 is 2.75 bits per heavy atom. The summed E-state index contributed by atoms with van der Waals surface area (Å²) in [6.45, 7) is 1.90. The molecule has 2 rings (SSSR count). The van der Waals surface area contributed by atoms with E-state index in [-0.39, 0.29) is 12.1 Å². The van der Waals surface area contributed by atoms with Gasteiger partial charge in [-0.15, -0.1) is 0 Å². The van der Waals surface area contributed by atoms with E-state index in [4.69, 9.17) is 4.74 Å². The van der Waals surface area contributed by atoms with E-state index in [1.165, 1.54) is 0 Å². The van der Waals surface area contributed by atoms with Crippen LogP contribution in [0.1, 0.15) is 18.5 Å². The number of anilines is 1. The Bertz CT molecular complexity index is 572. The lowest BCUT2D eigenvalue weighted by molar-refractivity contribution is 0.249. The molecule has 0 spiro atoms. The van der Waals surface area contributed by atoms with Crippen molar-refractivity contribution >= 4 is 11.7 Å². The average Bonchev–Trinajstić information content (AvgIpc) is 2.48. The summed E-state index contributed by atoms with van der Waals surface area (Å²) in [7, 11) is 1.57. The fourth-order valence-electron chi connectivity index (χ4n) is 1.82. The fourth-order valence-corrected chi connectivity index (χ4v) is 1.82. The first kappa shape index (κ1) is 13.9. The van der Waals surface area contributed by atoms with Crippen molar-refractivity contribution in [2.75, 3.05) is 12.4 Å². The van der Waals surface area contributed by atoms with Crippen LogP contribution < -0.4 is 15.4 Å². The lowest BCUT2D eigenvalue weighted by Gasteiger charge is -2.15. The van der Waals surface area contributed by atoms with E-state index < -0.39 is 0 Å². The predicted octanol–water partition coefficient (Wildman–Crippen LogP) is 2.97. The maximum Gasteiger partial charge on any atom is 0.319 e. The monoisotopic (exact) mass is 271 g/mol. The highest BCUT2D eigenvalue weighted by Gasteiger charge is 2.11. The van der Waals surface area contributed by atoms with E-state index >= 15 is 0 Å². The van der Waals surface area contributed by atoms with Crippen LogP contribution in [0.4, 0.5) is 10.5 Å². The van der Waals surface area contributed by atoms with Crippen LogP contribution in [0.5, 0.6) is 5.75 Å². The molecule has 0 saturated carbocycles. The molecule has 104 valence electrons. The van der Waals surface area contributed by atoms with Crippen LogP contribution in [0.25, 0.3) is 0 Å². The molecular weight excluding hydrogens is 254 g/mol. The van der Waals surface area contributed by atoms with Crippen molar-refractivity contribution < 1.29 is 9.53 Å². The summed E-state index contributed by atoms with van der Waals surface area (Å²) < 4.78 is 5.18. The van der Waals surface area contributed by atoms with Gasteiger partial charge in [-0.3, -0.25) is 4.98 Å². The summed E-state index contributed by atoms with van der Waals surface area (Å²) in [4.78, 5) is 16.0. The van der Waals surface area contributed by atoms with E-state index in [1.807, 2.05) is 31.2 Å². The number of aromatic nitrogens is 1. The number of methoxy groups -OCH3 is 1. The fraction of sp³-hybridized carbons (Fsp3) is 0.200. The molecule has 5 nitrogen and oxygen atoms in total. The van der Waals surface area contributed by atoms with Crippen molar-refractivity contribution in [2.24, 2.45) is 0 Å². The number of carbonyl (C=O) groups is 1. The van der Waals surface area contributed by atoms with E-state index in [9.17, 15) is 4.79 Å². The normalized spacial score (nSPS) is 11.5. The summed E-state index contributed by atoms with van der Waals surface area (Å²) in [6, 6.07) is 10.6. The minimum Gasteiger partial charge on any atom is -0.495 e. The molecule has 2 aromatic rings. The van der Waals surface area contributed by atoms with Gasteiger partial charge in [0.15, 0.2) is 0 Å². The first-order valence-corrected chi connectivity index (χ1v) is 6.31. The van der Waals surface area contributed by atoms with Gasteiger partial charge in [-0.25, -0.2) is 4.79 Å². The number of carbonyl (C=O) groups excluding carboxylic acids is 1. The highest BCUT2D eigenvalue weighted by atomic mass is 16.5. The number of ether oxygens (including phenoxy) is 1. The van der Waals surface area contributed by atoms with E-state index in [1.54, 1.807) is 31.6 Å². The van der Waals surface area contributed by atoms with Crippen LogP contribution in [0.15, 0.2) is 48.8 Å². The molecule has 1 aromatic carbocycles. The number of nitrogens with zero attached hydrogens (tertiary/aromatic N) is 1. The molecule has 0 aliphatic heterocycles. The number of nitrogens with one attached hydrogen (secondary N) is 2. The molecule has 0 aliphatic rings. The summed E-state index contributed by atoms with van der Waals surface area (Å²) in [5, 5.41) is 5.62. The van der Waals surface area contributed by atoms with Crippen LogP contribution in [0.3, 0.4) is 0 Å². The zero-order valence-corrected chi connectivity index (χ0v) is 11.5. The van der Waals surface area contributed by atoms with E-state index in [0.717, 1.165) is 5.56 Å². The maximum absolute atomic E-state index is 12.0. The lowest BCUT2D eigenvalue weighted by Crippen LogP contribution is -2.31. The summed E-state index contributed by atoms with van der Waals surface area (Å²) >= 11 is 0. The van der Waals surface area contributed by atoms with Crippen LogP contribution in [-0.4, -0.2) is 18.1 Å². The zero-order valence-electron chi connectivity index (χ0n) is 11.5. The number of pyridine rings is 1. The van der Waals surface area contributed by atoms with Crippen molar-refractivity contribution in [1.82, 2.24) is 10.3 Å². The third-order valence-corrected chi connectivity index (χ3v) is 2.89. The molecule has 20 heavy (non-hydrogen) atoms. The van der Waals surface area contributed by atoms with Crippen LogP contribution in [0, 0.1) is 0 Å². The van der Waals surface area contributed by atoms with Gasteiger partial charge in [0.2, 0.25) is 0 Å². The number of rotatable bonds is 4. The molecule has 2 amide bonds. The van der Waals surface area contributed by atoms with Gasteiger partial charge in [0.05, 0.1) is 18.8 Å². The Kier molecular flexibility index (Phi) is 4.55. The van der Waals surface area contributed by atoms with Crippen molar-refractivity contribution in [3.8, 4) is 5.75 Å². The standard InChI is InChI=1S/C15H17N3O2/c1-11(12-6-5-9-16-10-12)17-15(19)18-13-7-3-4-8-14(13)20-2/h3-11H,1-2H3,(H2,17,18,19). The zero-order chi connectivity index (χ0) is 14.4. The quantitative estimate of drug-likeness (QED) is 0.898. The van der Waals surface area contributed by atoms with Gasteiger partial charge in [-0.2, -0.15) is 0 Å². The molecule has 1 atom stereocenters. The first-order valence-electron chi connectivity index (χ1n) is 6.31. The number of benzene rings is 1. The molecule has 2 N–H and O–H groups in total. The Morgan fingerprint density at radius 2 is 2.05 bits per heavy atom. The Balaban J connectivity index is 1.99. The van der Waals surface area contributed by atoms with Gasteiger partial charge in [0.25, 0.3) is 0 Å². The van der Waals surface area contributed by atoms with Crippen LogP contribution in [-0.2, 0) is 0 Å². The summed E-state index contributed by atoms with van der Waals surface area (Å²) in [5.41, 5.74) is 1.58. The minimum absolute atomic E-state index is 0.126. The molecule has 0 radical (unpaired) electrons. The minimum atomic E-state index is -0.286. The number of hydrogen-bond acceptors (Lipinski definition) is 3. The number of para-hydroxylation sites is 2. The molecule has 5 heteroatoms. The van der Waals surface area contributed by atoms with Gasteiger partial charge in [-0.1, -0.05) is 18.2 Å². The Morgan fingerprint density at radius 1 is 1.25 bits per heavy atom. The van der Waals surface area contributed by atoms with Crippen molar-refractivity contribution in [3.05, 3.63) is 54.4 Å². The highest BCUT2D eigenvalue weighted by Crippen LogP contribution is 2.23. The topological polar surface area (TPSA) is 63.2 Å². The van der Waals surface area contributed by atoms with Crippen molar-refractivity contribution in [3.63, 3.8) is 0 Å². The Labute approximate surface area is 118 Å². The van der Waals surface area contributed by atoms with Crippen molar-refractivity contribution in [1.29, 1.82) is 0 Å². The molecule has 0 aliphatic carbocycles. The average molecular weight is 271 g/mol. The van der Waals surface area contributed by atoms with Gasteiger partial charge < -0.3 is 15.4 Å². The first-order chi connectivity index (χ1) is 9.70. The summed E-state index contributed by atoms with van der Waals surface area (Å²) in [6.07, 6.45) is 3.43. The number of urea groups is 1. The highest BCUT2D eigenvalue weighted by molar-refractivity contribution is 5.91. The maximum atomic E-state index is 12.0. The molecule has 1 unspecified atom stereocenters. The molecule has 0 saturated heterocycles. The Hall–Kier alpha value is -2.56. The third-order valence-electron chi connectivity index (χ3n) is 2.89. The van der Waals surface area contributed by atoms with Crippen LogP contribution in [0.2, 0.25) is 0 Å². The molecule has 1 aromatic heterocycles. The van der Waals surface area contributed by atoms with Gasteiger partial charge in [-0.05, 0) is 30.7 Å². The SMILES string of the molecule is COc1ccccc1NC(=O)NC(C)c1cccnc1. The second-order valence-electron chi connectivity index (χ2n) is 4.31. The molecule has 1 heterocycles. The van der Waals surface area contributed by atoms with E-state index in [0.29, 0.717) is 11.4 Å². The largest absolute Gasteiger partial charge is 0.495 e. The van der Waals surface area contributed by atoms with Crippen LogP contribution >= 0.6 is 0 Å². The van der Waals surface area contributed by atoms with Gasteiger partial charge in [0.1, 0.15) is 5.75 Å². The smallest absolute Gasteiger partial charge is 0.319 e.